The van der Waals surface area contributed by atoms with Crippen LogP contribution in [-0.2, 0) is 0 Å². The van der Waals surface area contributed by atoms with Crippen LogP contribution in [0.4, 0.5) is 0 Å². The zero-order valence-electron chi connectivity index (χ0n) is 14.5. The largest absolute Gasteiger partial charge is 0.0922 e. The maximum absolute atomic E-state index is 4.04. The van der Waals surface area contributed by atoms with Crippen molar-refractivity contribution >= 4 is 31.9 Å². The number of hydrogen-bond donors (Lipinski definition) is 0. The van der Waals surface area contributed by atoms with E-state index in [1.165, 1.54) is 32.1 Å². The van der Waals surface area contributed by atoms with E-state index in [0.717, 1.165) is 17.2 Å². The quantitative estimate of drug-likeness (QED) is 0.331. The highest BCUT2D eigenvalue weighted by Crippen LogP contribution is 2.64. The molecule has 3 aliphatic carbocycles. The number of allylic oxidation sites excluding steroid dienone is 4. The second kappa shape index (κ2) is 6.06. The third kappa shape index (κ3) is 2.34. The Morgan fingerprint density at radius 2 is 2.05 bits per heavy atom. The maximum Gasteiger partial charge on any atom is 0.0240 e. The molecule has 0 heterocycles. The van der Waals surface area contributed by atoms with Gasteiger partial charge in [-0.05, 0) is 56.3 Å². The molecule has 1 saturated carbocycles. The highest BCUT2D eigenvalue weighted by atomic mass is 79.9. The second-order valence-electron chi connectivity index (χ2n) is 8.48. The lowest BCUT2D eigenvalue weighted by Gasteiger charge is -2.59. The fourth-order valence-corrected chi connectivity index (χ4v) is 7.53. The molecule has 1 unspecified atom stereocenters. The van der Waals surface area contributed by atoms with Gasteiger partial charge in [-0.15, -0.1) is 0 Å². The standard InChI is InChI=1S/C20H30Br2/c1-13(2)15-6-5-7-16-18-14(3)8-9-17(22)19(18,4)10-11-20(15,16)12-21/h5,7,13,15-17H,6,8-12H2,1-4H3/t15?,16-,17-,19+,20-/m0/s1. The van der Waals surface area contributed by atoms with Crippen LogP contribution in [0.25, 0.3) is 0 Å². The van der Waals surface area contributed by atoms with Crippen molar-refractivity contribution in [2.45, 2.75) is 64.6 Å². The van der Waals surface area contributed by atoms with Crippen LogP contribution >= 0.6 is 31.9 Å². The van der Waals surface area contributed by atoms with Gasteiger partial charge in [0, 0.05) is 21.5 Å². The van der Waals surface area contributed by atoms with Crippen molar-refractivity contribution < 1.29 is 0 Å². The molecule has 3 rings (SSSR count). The lowest BCUT2D eigenvalue weighted by atomic mass is 9.47. The number of hydrogen-bond acceptors (Lipinski definition) is 0. The molecular formula is C20H30Br2. The van der Waals surface area contributed by atoms with E-state index >= 15 is 0 Å². The second-order valence-corrected chi connectivity index (χ2v) is 10.1. The van der Waals surface area contributed by atoms with E-state index in [9.17, 15) is 0 Å². The van der Waals surface area contributed by atoms with Crippen molar-refractivity contribution in [3.05, 3.63) is 23.3 Å². The molecule has 1 fully saturated rings. The third-order valence-corrected chi connectivity index (χ3v) is 9.60. The SMILES string of the molecule is CC1=C2[C@@H]3C=CCC(C(C)C)[C@@]3(CBr)CC[C@]2(C)[C@@H](Br)CC1. The molecule has 0 aromatic rings. The molecule has 0 nitrogen and oxygen atoms in total. The molecule has 22 heavy (non-hydrogen) atoms. The first-order valence-electron chi connectivity index (χ1n) is 8.93. The molecule has 0 radical (unpaired) electrons. The molecule has 2 heteroatoms. The molecule has 0 amide bonds. The Morgan fingerprint density at radius 3 is 2.68 bits per heavy atom. The summed E-state index contributed by atoms with van der Waals surface area (Å²) in [5.74, 6) is 2.22. The van der Waals surface area contributed by atoms with Crippen LogP contribution in [0.2, 0.25) is 0 Å². The predicted octanol–water partition coefficient (Wildman–Crippen LogP) is 6.89. The fraction of sp³-hybridized carbons (Fsp3) is 0.800. The van der Waals surface area contributed by atoms with Crippen molar-refractivity contribution in [1.29, 1.82) is 0 Å². The molecular weight excluding hydrogens is 400 g/mol. The number of alkyl halides is 2. The van der Waals surface area contributed by atoms with Gasteiger partial charge in [0.25, 0.3) is 0 Å². The zero-order chi connectivity index (χ0) is 16.1. The topological polar surface area (TPSA) is 0 Å². The molecule has 3 aliphatic rings. The Hall–Kier alpha value is 0.440. The summed E-state index contributed by atoms with van der Waals surface area (Å²) in [6.45, 7) is 9.78. The van der Waals surface area contributed by atoms with Gasteiger partial charge in [0.15, 0.2) is 0 Å². The third-order valence-electron chi connectivity index (χ3n) is 7.09. The van der Waals surface area contributed by atoms with Gasteiger partial charge in [0.2, 0.25) is 0 Å². The lowest BCUT2D eigenvalue weighted by Crippen LogP contribution is -2.53. The van der Waals surface area contributed by atoms with Crippen molar-refractivity contribution in [2.75, 3.05) is 5.33 Å². The molecule has 0 aromatic carbocycles. The van der Waals surface area contributed by atoms with E-state index in [4.69, 9.17) is 0 Å². The normalized spacial score (nSPS) is 45.0. The van der Waals surface area contributed by atoms with Crippen LogP contribution in [0, 0.1) is 28.6 Å². The van der Waals surface area contributed by atoms with E-state index in [2.05, 4.69) is 71.7 Å². The van der Waals surface area contributed by atoms with Gasteiger partial charge < -0.3 is 0 Å². The van der Waals surface area contributed by atoms with Crippen LogP contribution in [0.5, 0.6) is 0 Å². The molecule has 0 spiro atoms. The average Bonchev–Trinajstić information content (AvgIpc) is 2.50. The van der Waals surface area contributed by atoms with E-state index in [0.29, 0.717) is 21.6 Å². The predicted molar refractivity (Wildman–Crippen MR) is 104 cm³/mol. The average molecular weight is 430 g/mol. The Morgan fingerprint density at radius 1 is 1.32 bits per heavy atom. The summed E-state index contributed by atoms with van der Waals surface area (Å²) in [5, 5.41) is 1.15. The van der Waals surface area contributed by atoms with Crippen molar-refractivity contribution in [2.24, 2.45) is 28.6 Å². The van der Waals surface area contributed by atoms with E-state index < -0.39 is 0 Å². The Balaban J connectivity index is 2.13. The van der Waals surface area contributed by atoms with Gasteiger partial charge in [-0.2, -0.15) is 0 Å². The molecule has 0 N–H and O–H groups in total. The number of halogens is 2. The molecule has 0 bridgehead atoms. The van der Waals surface area contributed by atoms with Crippen LogP contribution in [0.15, 0.2) is 23.3 Å². The molecule has 0 saturated heterocycles. The Labute approximate surface area is 153 Å². The zero-order valence-corrected chi connectivity index (χ0v) is 17.6. The number of rotatable bonds is 2. The van der Waals surface area contributed by atoms with Crippen molar-refractivity contribution in [1.82, 2.24) is 0 Å². The summed E-state index contributed by atoms with van der Waals surface area (Å²) in [4.78, 5) is 0.653. The summed E-state index contributed by atoms with van der Waals surface area (Å²) in [7, 11) is 0. The first-order chi connectivity index (χ1) is 10.4. The van der Waals surface area contributed by atoms with Crippen LogP contribution in [0.1, 0.15) is 59.8 Å². The first kappa shape index (κ1) is 17.3. The minimum atomic E-state index is 0.363. The van der Waals surface area contributed by atoms with Gasteiger partial charge in [-0.1, -0.05) is 75.9 Å². The summed E-state index contributed by atoms with van der Waals surface area (Å²) in [6, 6.07) is 0. The minimum Gasteiger partial charge on any atom is -0.0922 e. The Kier molecular flexibility index (Phi) is 4.76. The first-order valence-corrected chi connectivity index (χ1v) is 11.0. The maximum atomic E-state index is 4.04. The Bertz CT molecular complexity index is 504. The minimum absolute atomic E-state index is 0.363. The molecule has 0 aliphatic heterocycles. The van der Waals surface area contributed by atoms with Crippen molar-refractivity contribution in [3.8, 4) is 0 Å². The molecule has 0 aromatic heterocycles. The van der Waals surface area contributed by atoms with Crippen LogP contribution < -0.4 is 0 Å². The summed E-state index contributed by atoms with van der Waals surface area (Å²) in [5.41, 5.74) is 4.26. The van der Waals surface area contributed by atoms with Crippen molar-refractivity contribution in [3.63, 3.8) is 0 Å². The number of fused-ring (bicyclic) bond motifs is 3. The summed E-state index contributed by atoms with van der Waals surface area (Å²) >= 11 is 8.00. The van der Waals surface area contributed by atoms with Gasteiger partial charge >= 0.3 is 0 Å². The molecule has 5 atom stereocenters. The van der Waals surface area contributed by atoms with Gasteiger partial charge in [-0.3, -0.25) is 0 Å². The summed E-state index contributed by atoms with van der Waals surface area (Å²) in [6.07, 6.45) is 11.6. The van der Waals surface area contributed by atoms with Gasteiger partial charge in [-0.25, -0.2) is 0 Å². The lowest BCUT2D eigenvalue weighted by molar-refractivity contribution is 0.0281. The highest BCUT2D eigenvalue weighted by Gasteiger charge is 2.56. The van der Waals surface area contributed by atoms with Gasteiger partial charge in [0.1, 0.15) is 0 Å². The van der Waals surface area contributed by atoms with E-state index in [1.807, 2.05) is 0 Å². The molecule has 124 valence electrons. The van der Waals surface area contributed by atoms with Gasteiger partial charge in [0.05, 0.1) is 0 Å². The fourth-order valence-electron chi connectivity index (χ4n) is 5.78. The monoisotopic (exact) mass is 428 g/mol. The highest BCUT2D eigenvalue weighted by molar-refractivity contribution is 9.09. The van der Waals surface area contributed by atoms with Crippen LogP contribution in [-0.4, -0.2) is 10.2 Å². The van der Waals surface area contributed by atoms with Crippen LogP contribution in [0.3, 0.4) is 0 Å². The smallest absolute Gasteiger partial charge is 0.0240 e. The van der Waals surface area contributed by atoms with E-state index in [1.54, 1.807) is 11.1 Å². The van der Waals surface area contributed by atoms with E-state index in [-0.39, 0.29) is 0 Å². The summed E-state index contributed by atoms with van der Waals surface area (Å²) < 4.78 is 0.